The third-order valence-electron chi connectivity index (χ3n) is 2.90. The predicted octanol–water partition coefficient (Wildman–Crippen LogP) is 2.55. The summed E-state index contributed by atoms with van der Waals surface area (Å²) in [6.07, 6.45) is 1.30. The zero-order valence-corrected chi connectivity index (χ0v) is 10.7. The van der Waals surface area contributed by atoms with Crippen LogP contribution in [0.25, 0.3) is 0 Å². The van der Waals surface area contributed by atoms with Crippen molar-refractivity contribution in [2.24, 2.45) is 0 Å². The fourth-order valence-electron chi connectivity index (χ4n) is 2.00. The lowest BCUT2D eigenvalue weighted by atomic mass is 10.2. The van der Waals surface area contributed by atoms with Crippen molar-refractivity contribution in [3.05, 3.63) is 28.2 Å². The van der Waals surface area contributed by atoms with Gasteiger partial charge in [0.25, 0.3) is 0 Å². The zero-order chi connectivity index (χ0) is 11.5. The summed E-state index contributed by atoms with van der Waals surface area (Å²) in [6.45, 7) is 1.81. The van der Waals surface area contributed by atoms with Crippen molar-refractivity contribution in [1.29, 1.82) is 5.26 Å². The minimum atomic E-state index is 0.283. The van der Waals surface area contributed by atoms with E-state index in [1.807, 2.05) is 18.2 Å². The molecule has 1 heterocycles. The first-order valence-electron chi connectivity index (χ1n) is 5.22. The van der Waals surface area contributed by atoms with Crippen molar-refractivity contribution >= 4 is 21.6 Å². The lowest BCUT2D eigenvalue weighted by molar-refractivity contribution is 0.121. The number of benzene rings is 1. The third-order valence-corrected chi connectivity index (χ3v) is 3.39. The van der Waals surface area contributed by atoms with E-state index in [9.17, 15) is 0 Å². The molecule has 0 aliphatic carbocycles. The largest absolute Gasteiger partial charge is 0.380 e. The summed E-state index contributed by atoms with van der Waals surface area (Å²) >= 11 is 3.44. The second-order valence-corrected chi connectivity index (χ2v) is 4.78. The van der Waals surface area contributed by atoms with E-state index in [2.05, 4.69) is 26.9 Å². The second-order valence-electron chi connectivity index (χ2n) is 3.87. The van der Waals surface area contributed by atoms with Gasteiger partial charge in [-0.2, -0.15) is 5.26 Å². The van der Waals surface area contributed by atoms with E-state index in [1.165, 1.54) is 0 Å². The lowest BCUT2D eigenvalue weighted by Crippen LogP contribution is -2.22. The van der Waals surface area contributed by atoms with Gasteiger partial charge in [-0.3, -0.25) is 0 Å². The molecule has 0 amide bonds. The maximum atomic E-state index is 9.07. The Morgan fingerprint density at radius 2 is 2.38 bits per heavy atom. The maximum absolute atomic E-state index is 9.07. The van der Waals surface area contributed by atoms with Gasteiger partial charge in [-0.15, -0.1) is 0 Å². The predicted molar refractivity (Wildman–Crippen MR) is 66.5 cm³/mol. The molecule has 3 nitrogen and oxygen atoms in total. The highest BCUT2D eigenvalue weighted by molar-refractivity contribution is 9.10. The molecule has 0 radical (unpaired) electrons. The quantitative estimate of drug-likeness (QED) is 0.835. The molecule has 1 unspecified atom stereocenters. The zero-order valence-electron chi connectivity index (χ0n) is 9.11. The second kappa shape index (κ2) is 4.86. The lowest BCUT2D eigenvalue weighted by Gasteiger charge is -2.19. The monoisotopic (exact) mass is 280 g/mol. The average Bonchev–Trinajstić information content (AvgIpc) is 2.77. The Kier molecular flexibility index (Phi) is 3.47. The number of nitriles is 1. The number of ether oxygens (including phenoxy) is 1. The van der Waals surface area contributed by atoms with Crippen LogP contribution >= 0.6 is 15.9 Å². The van der Waals surface area contributed by atoms with E-state index in [1.54, 1.807) is 7.11 Å². The van der Waals surface area contributed by atoms with Gasteiger partial charge in [-0.25, -0.2) is 0 Å². The molecule has 1 fully saturated rings. The van der Waals surface area contributed by atoms with Crippen LogP contribution in [0.4, 0.5) is 5.69 Å². The van der Waals surface area contributed by atoms with Crippen molar-refractivity contribution < 1.29 is 4.74 Å². The van der Waals surface area contributed by atoms with E-state index in [0.29, 0.717) is 0 Å². The van der Waals surface area contributed by atoms with Gasteiger partial charge >= 0.3 is 0 Å². The summed E-state index contributed by atoms with van der Waals surface area (Å²) < 4.78 is 6.33. The van der Waals surface area contributed by atoms with Crippen molar-refractivity contribution in [2.75, 3.05) is 25.1 Å². The number of rotatable bonds is 2. The van der Waals surface area contributed by atoms with Gasteiger partial charge in [0.05, 0.1) is 17.4 Å². The molecule has 84 valence electrons. The first-order chi connectivity index (χ1) is 7.74. The minimum Gasteiger partial charge on any atom is -0.380 e. The minimum absolute atomic E-state index is 0.283. The topological polar surface area (TPSA) is 36.3 Å². The maximum Gasteiger partial charge on any atom is 0.101 e. The Hall–Kier alpha value is -1.05. The summed E-state index contributed by atoms with van der Waals surface area (Å²) in [4.78, 5) is 2.21. The van der Waals surface area contributed by atoms with Crippen LogP contribution in [0.15, 0.2) is 22.7 Å². The van der Waals surface area contributed by atoms with Crippen LogP contribution in [0, 0.1) is 11.3 Å². The smallest absolute Gasteiger partial charge is 0.101 e. The highest BCUT2D eigenvalue weighted by atomic mass is 79.9. The Morgan fingerprint density at radius 1 is 1.56 bits per heavy atom. The molecule has 0 saturated carbocycles. The first-order valence-corrected chi connectivity index (χ1v) is 6.01. The number of hydrogen-bond donors (Lipinski definition) is 0. The molecule has 1 aliphatic heterocycles. The SMILES string of the molecule is COC1CCN(c2cc(Br)ccc2C#N)C1. The van der Waals surface area contributed by atoms with E-state index in [4.69, 9.17) is 10.00 Å². The molecule has 0 N–H and O–H groups in total. The molecule has 2 rings (SSSR count). The molecule has 0 bridgehead atoms. The highest BCUT2D eigenvalue weighted by Crippen LogP contribution is 2.28. The summed E-state index contributed by atoms with van der Waals surface area (Å²) in [7, 11) is 1.74. The number of methoxy groups -OCH3 is 1. The summed E-state index contributed by atoms with van der Waals surface area (Å²) in [5.74, 6) is 0. The summed E-state index contributed by atoms with van der Waals surface area (Å²) in [6, 6.07) is 7.97. The molecule has 1 aromatic rings. The molecule has 1 atom stereocenters. The fourth-order valence-corrected chi connectivity index (χ4v) is 2.35. The van der Waals surface area contributed by atoms with Crippen molar-refractivity contribution in [1.82, 2.24) is 0 Å². The first kappa shape index (κ1) is 11.4. The van der Waals surface area contributed by atoms with Gasteiger partial charge in [-0.05, 0) is 24.6 Å². The van der Waals surface area contributed by atoms with Crippen LogP contribution in [0.3, 0.4) is 0 Å². The van der Waals surface area contributed by atoms with Gasteiger partial charge < -0.3 is 9.64 Å². The van der Waals surface area contributed by atoms with Crippen LogP contribution in [-0.4, -0.2) is 26.3 Å². The van der Waals surface area contributed by atoms with Crippen LogP contribution in [0.2, 0.25) is 0 Å². The summed E-state index contributed by atoms with van der Waals surface area (Å²) in [5.41, 5.74) is 1.72. The van der Waals surface area contributed by atoms with Gasteiger partial charge in [0.2, 0.25) is 0 Å². The molecule has 4 heteroatoms. The Morgan fingerprint density at radius 3 is 3.00 bits per heavy atom. The number of halogens is 1. The van der Waals surface area contributed by atoms with E-state index < -0.39 is 0 Å². The van der Waals surface area contributed by atoms with E-state index in [-0.39, 0.29) is 6.10 Å². The van der Waals surface area contributed by atoms with Crippen LogP contribution in [0.1, 0.15) is 12.0 Å². The average molecular weight is 281 g/mol. The van der Waals surface area contributed by atoms with E-state index >= 15 is 0 Å². The molecule has 16 heavy (non-hydrogen) atoms. The van der Waals surface area contributed by atoms with Gasteiger partial charge in [-0.1, -0.05) is 15.9 Å². The number of anilines is 1. The van der Waals surface area contributed by atoms with Crippen molar-refractivity contribution in [3.8, 4) is 6.07 Å². The standard InChI is InChI=1S/C12H13BrN2O/c1-16-11-4-5-15(8-11)12-6-10(13)3-2-9(12)7-14/h2-3,6,11H,4-5,8H2,1H3. The third kappa shape index (κ3) is 2.21. The molecule has 1 aliphatic rings. The fraction of sp³-hybridized carbons (Fsp3) is 0.417. The van der Waals surface area contributed by atoms with Gasteiger partial charge in [0.15, 0.2) is 0 Å². The number of hydrogen-bond acceptors (Lipinski definition) is 3. The molecule has 1 saturated heterocycles. The highest BCUT2D eigenvalue weighted by Gasteiger charge is 2.23. The Balaban J connectivity index is 2.27. The Labute approximate surface area is 104 Å². The van der Waals surface area contributed by atoms with Crippen LogP contribution < -0.4 is 4.90 Å². The van der Waals surface area contributed by atoms with Crippen LogP contribution in [0.5, 0.6) is 0 Å². The van der Waals surface area contributed by atoms with Crippen LogP contribution in [-0.2, 0) is 4.74 Å². The van der Waals surface area contributed by atoms with Crippen molar-refractivity contribution in [2.45, 2.75) is 12.5 Å². The van der Waals surface area contributed by atoms with Crippen molar-refractivity contribution in [3.63, 3.8) is 0 Å². The summed E-state index contributed by atoms with van der Waals surface area (Å²) in [5, 5.41) is 9.07. The van der Waals surface area contributed by atoms with E-state index in [0.717, 1.165) is 35.2 Å². The molecule has 1 aromatic carbocycles. The molecular weight excluding hydrogens is 268 g/mol. The van der Waals surface area contributed by atoms with Gasteiger partial charge in [0, 0.05) is 24.7 Å². The van der Waals surface area contributed by atoms with Gasteiger partial charge in [0.1, 0.15) is 6.07 Å². The Bertz CT molecular complexity index is 428. The number of nitrogens with zero attached hydrogens (tertiary/aromatic N) is 2. The molecule has 0 aromatic heterocycles. The molecule has 0 spiro atoms. The normalized spacial score (nSPS) is 19.8. The molecular formula is C12H13BrN2O.